The Hall–Kier alpha value is -2.48. The minimum atomic E-state index is -3.96. The molecule has 0 radical (unpaired) electrons. The molecule has 150 valence electrons. The Bertz CT molecular complexity index is 1120. The molecule has 3 aromatic carbocycles. The van der Waals surface area contributed by atoms with Crippen LogP contribution in [0.3, 0.4) is 0 Å². The van der Waals surface area contributed by atoms with Crippen LogP contribution in [0.2, 0.25) is 5.02 Å². The highest BCUT2D eigenvalue weighted by molar-refractivity contribution is 7.99. The van der Waals surface area contributed by atoms with E-state index >= 15 is 0 Å². The van der Waals surface area contributed by atoms with Crippen molar-refractivity contribution in [1.82, 2.24) is 0 Å². The van der Waals surface area contributed by atoms with Crippen molar-refractivity contribution < 1.29 is 13.2 Å². The third-order valence-corrected chi connectivity index (χ3v) is 6.76. The number of thioether (sulfide) groups is 1. The number of carbonyl (C=O) groups is 1. The molecule has 0 spiro atoms. The fourth-order valence-corrected chi connectivity index (χ4v) is 4.96. The van der Waals surface area contributed by atoms with Crippen molar-refractivity contribution in [2.75, 3.05) is 15.8 Å². The van der Waals surface area contributed by atoms with Gasteiger partial charge in [-0.1, -0.05) is 48.9 Å². The summed E-state index contributed by atoms with van der Waals surface area (Å²) in [6.07, 6.45) is 0. The Morgan fingerprint density at radius 2 is 1.69 bits per heavy atom. The van der Waals surface area contributed by atoms with E-state index in [0.717, 1.165) is 10.6 Å². The van der Waals surface area contributed by atoms with Crippen LogP contribution in [0.1, 0.15) is 17.3 Å². The monoisotopic (exact) mass is 446 g/mol. The molecule has 0 heterocycles. The molecule has 0 atom stereocenters. The van der Waals surface area contributed by atoms with Crippen LogP contribution in [0.4, 0.5) is 11.4 Å². The maximum absolute atomic E-state index is 12.8. The van der Waals surface area contributed by atoms with Crippen LogP contribution in [0.15, 0.2) is 82.6 Å². The van der Waals surface area contributed by atoms with Gasteiger partial charge in [0.1, 0.15) is 4.90 Å². The van der Waals surface area contributed by atoms with Gasteiger partial charge in [-0.25, -0.2) is 8.42 Å². The number of hydrogen-bond acceptors (Lipinski definition) is 4. The minimum absolute atomic E-state index is 0.0342. The second kappa shape index (κ2) is 9.35. The van der Waals surface area contributed by atoms with Crippen LogP contribution >= 0.6 is 23.4 Å². The summed E-state index contributed by atoms with van der Waals surface area (Å²) in [5.41, 5.74) is 1.27. The topological polar surface area (TPSA) is 75.3 Å². The van der Waals surface area contributed by atoms with Crippen molar-refractivity contribution in [1.29, 1.82) is 0 Å². The molecule has 0 bridgehead atoms. The number of halogens is 1. The summed E-state index contributed by atoms with van der Waals surface area (Å²) in [6, 6.07) is 20.1. The highest BCUT2D eigenvalue weighted by Gasteiger charge is 2.21. The van der Waals surface area contributed by atoms with Gasteiger partial charge in [-0.2, -0.15) is 0 Å². The third-order valence-electron chi connectivity index (χ3n) is 3.94. The predicted octanol–water partition coefficient (Wildman–Crippen LogP) is 5.51. The van der Waals surface area contributed by atoms with E-state index in [1.807, 2.05) is 25.1 Å². The van der Waals surface area contributed by atoms with E-state index < -0.39 is 15.9 Å². The van der Waals surface area contributed by atoms with Crippen molar-refractivity contribution in [3.05, 3.63) is 83.4 Å². The highest BCUT2D eigenvalue weighted by Crippen LogP contribution is 2.28. The zero-order valence-corrected chi connectivity index (χ0v) is 17.9. The van der Waals surface area contributed by atoms with Gasteiger partial charge in [-0.15, -0.1) is 11.8 Å². The van der Waals surface area contributed by atoms with Crippen LogP contribution < -0.4 is 10.0 Å². The first-order chi connectivity index (χ1) is 13.9. The molecule has 3 aromatic rings. The van der Waals surface area contributed by atoms with Crippen molar-refractivity contribution >= 4 is 50.7 Å². The molecule has 0 saturated heterocycles. The van der Waals surface area contributed by atoms with Gasteiger partial charge in [0, 0.05) is 16.1 Å². The lowest BCUT2D eigenvalue weighted by Crippen LogP contribution is -2.16. The molecule has 0 aliphatic rings. The number of sulfonamides is 1. The molecule has 0 unspecified atom stereocenters. The maximum Gasteiger partial charge on any atom is 0.263 e. The minimum Gasteiger partial charge on any atom is -0.321 e. The number of carbonyl (C=O) groups excluding carboxylic acids is 1. The van der Waals surface area contributed by atoms with Crippen molar-refractivity contribution in [3.63, 3.8) is 0 Å². The molecule has 0 fully saturated rings. The van der Waals surface area contributed by atoms with Gasteiger partial charge in [0.05, 0.1) is 10.7 Å². The SMILES string of the molecule is CCSc1ccccc1NC(=O)c1ccc(Cl)c(S(=O)(=O)Nc2ccccc2)c1. The molecular formula is C21H19ClN2O3S2. The van der Waals surface area contributed by atoms with Gasteiger partial charge < -0.3 is 5.32 Å². The Morgan fingerprint density at radius 3 is 2.41 bits per heavy atom. The average Bonchev–Trinajstić information content (AvgIpc) is 2.70. The standard InChI is InChI=1S/C21H19ClN2O3S2/c1-2-28-19-11-7-6-10-18(19)23-21(25)15-12-13-17(22)20(14-15)29(26,27)24-16-8-4-3-5-9-16/h3-14,24H,2H2,1H3,(H,23,25). The zero-order chi connectivity index (χ0) is 20.9. The molecule has 0 aliphatic heterocycles. The summed E-state index contributed by atoms with van der Waals surface area (Å²) in [4.78, 5) is 13.5. The van der Waals surface area contributed by atoms with Gasteiger partial charge in [0.25, 0.3) is 15.9 Å². The summed E-state index contributed by atoms with van der Waals surface area (Å²) in [5.74, 6) is 0.448. The van der Waals surface area contributed by atoms with Crippen molar-refractivity contribution in [2.45, 2.75) is 16.7 Å². The van der Waals surface area contributed by atoms with Crippen molar-refractivity contribution in [2.24, 2.45) is 0 Å². The Labute approximate surface area is 179 Å². The first-order valence-corrected chi connectivity index (χ1v) is 11.7. The second-order valence-electron chi connectivity index (χ2n) is 6.00. The molecule has 3 rings (SSSR count). The smallest absolute Gasteiger partial charge is 0.263 e. The van der Waals surface area contributed by atoms with E-state index in [1.54, 1.807) is 48.2 Å². The third kappa shape index (κ3) is 5.32. The molecular weight excluding hydrogens is 428 g/mol. The van der Waals surface area contributed by atoms with E-state index in [0.29, 0.717) is 11.4 Å². The number of nitrogens with one attached hydrogen (secondary N) is 2. The number of rotatable bonds is 7. The maximum atomic E-state index is 12.8. The van der Waals surface area contributed by atoms with E-state index in [4.69, 9.17) is 11.6 Å². The van der Waals surface area contributed by atoms with Gasteiger partial charge >= 0.3 is 0 Å². The summed E-state index contributed by atoms with van der Waals surface area (Å²) < 4.78 is 28.0. The van der Waals surface area contributed by atoms with Crippen LogP contribution in [-0.4, -0.2) is 20.1 Å². The molecule has 8 heteroatoms. The molecule has 1 amide bonds. The predicted molar refractivity (Wildman–Crippen MR) is 119 cm³/mol. The van der Waals surface area contributed by atoms with Crippen LogP contribution in [-0.2, 0) is 10.0 Å². The molecule has 2 N–H and O–H groups in total. The number of anilines is 2. The Balaban J connectivity index is 1.88. The first-order valence-electron chi connectivity index (χ1n) is 8.81. The van der Waals surface area contributed by atoms with Crippen LogP contribution in [0.25, 0.3) is 0 Å². The van der Waals surface area contributed by atoms with E-state index in [9.17, 15) is 13.2 Å². The van der Waals surface area contributed by atoms with E-state index in [1.165, 1.54) is 18.2 Å². The number of benzene rings is 3. The zero-order valence-electron chi connectivity index (χ0n) is 15.6. The average molecular weight is 447 g/mol. The van der Waals surface area contributed by atoms with Gasteiger partial charge in [0.2, 0.25) is 0 Å². The normalized spacial score (nSPS) is 11.1. The quantitative estimate of drug-likeness (QED) is 0.469. The molecule has 0 saturated carbocycles. The summed E-state index contributed by atoms with van der Waals surface area (Å²) in [6.45, 7) is 2.03. The van der Waals surface area contributed by atoms with E-state index in [2.05, 4.69) is 10.0 Å². The second-order valence-corrected chi connectivity index (χ2v) is 9.36. The lowest BCUT2D eigenvalue weighted by Gasteiger charge is -2.13. The first kappa shape index (κ1) is 21.2. The van der Waals surface area contributed by atoms with Gasteiger partial charge in [-0.05, 0) is 48.2 Å². The number of para-hydroxylation sites is 2. The fourth-order valence-electron chi connectivity index (χ4n) is 2.61. The van der Waals surface area contributed by atoms with Gasteiger partial charge in [0.15, 0.2) is 0 Å². The Morgan fingerprint density at radius 1 is 1.00 bits per heavy atom. The molecule has 0 aliphatic carbocycles. The van der Waals surface area contributed by atoms with Crippen molar-refractivity contribution in [3.8, 4) is 0 Å². The highest BCUT2D eigenvalue weighted by atomic mass is 35.5. The lowest BCUT2D eigenvalue weighted by atomic mass is 10.2. The molecule has 5 nitrogen and oxygen atoms in total. The van der Waals surface area contributed by atoms with Crippen LogP contribution in [0, 0.1) is 0 Å². The summed E-state index contributed by atoms with van der Waals surface area (Å²) >= 11 is 7.73. The van der Waals surface area contributed by atoms with Gasteiger partial charge in [-0.3, -0.25) is 9.52 Å². The molecule has 29 heavy (non-hydrogen) atoms. The van der Waals surface area contributed by atoms with Crippen LogP contribution in [0.5, 0.6) is 0 Å². The largest absolute Gasteiger partial charge is 0.321 e. The number of hydrogen-bond donors (Lipinski definition) is 2. The fraction of sp³-hybridized carbons (Fsp3) is 0.0952. The van der Waals surface area contributed by atoms with E-state index in [-0.39, 0.29) is 15.5 Å². The Kier molecular flexibility index (Phi) is 6.84. The summed E-state index contributed by atoms with van der Waals surface area (Å²) in [5, 5.41) is 2.88. The number of amides is 1. The lowest BCUT2D eigenvalue weighted by molar-refractivity contribution is 0.102. The summed E-state index contributed by atoms with van der Waals surface area (Å²) in [7, 11) is -3.96. The molecule has 0 aromatic heterocycles.